The standard InChI is InChI=1S/C30H31ClN5O5S/c1-36(2)30(38)22-8-4-7-20(17-22)21-12-13-26(41-3)27(18-21)42(39,40)35-24-10-5-9-23(19-24)32-15-16-34-29(37)28-25(31)11-6-14-33-28/h4-14,18-20,35H,15-17H2,1-3H3,(H,34,37)/q-1. The van der Waals surface area contributed by atoms with Crippen molar-refractivity contribution in [2.75, 3.05) is 39.0 Å². The number of nitrogens with zero attached hydrogens (tertiary/aromatic N) is 3. The van der Waals surface area contributed by atoms with Crippen LogP contribution in [0.4, 0.5) is 11.4 Å². The smallest absolute Gasteiger partial charge is 0.271 e. The zero-order chi connectivity index (χ0) is 30.3. The third-order valence-corrected chi connectivity index (χ3v) is 8.14. The number of methoxy groups -OCH3 is 1. The van der Waals surface area contributed by atoms with Crippen LogP contribution in [-0.4, -0.2) is 64.4 Å². The number of carbonyl (C=O) groups is 2. The maximum Gasteiger partial charge on any atom is 0.271 e. The molecule has 0 fully saturated rings. The minimum Gasteiger partial charge on any atom is -0.683 e. The number of benzene rings is 2. The zero-order valence-corrected chi connectivity index (χ0v) is 24.9. The predicted octanol–water partition coefficient (Wildman–Crippen LogP) is 5.04. The normalized spacial score (nSPS) is 14.5. The number of hydrogen-bond acceptors (Lipinski definition) is 6. The lowest BCUT2D eigenvalue weighted by Gasteiger charge is -2.23. The molecule has 0 aliphatic heterocycles. The van der Waals surface area contributed by atoms with Crippen LogP contribution in [-0.2, 0) is 14.8 Å². The largest absolute Gasteiger partial charge is 0.683 e. The van der Waals surface area contributed by atoms with E-state index in [-0.39, 0.29) is 46.3 Å². The fraction of sp³-hybridized carbons (Fsp3) is 0.233. The van der Waals surface area contributed by atoms with Gasteiger partial charge in [-0.05, 0) is 42.3 Å². The lowest BCUT2D eigenvalue weighted by atomic mass is 9.88. The van der Waals surface area contributed by atoms with E-state index in [0.29, 0.717) is 23.4 Å². The van der Waals surface area contributed by atoms with Crippen LogP contribution in [0.3, 0.4) is 0 Å². The average molecular weight is 609 g/mol. The molecule has 0 saturated carbocycles. The van der Waals surface area contributed by atoms with E-state index in [2.05, 4.69) is 20.3 Å². The molecule has 1 aliphatic rings. The molecule has 3 aromatic rings. The first-order valence-corrected chi connectivity index (χ1v) is 14.9. The highest BCUT2D eigenvalue weighted by molar-refractivity contribution is 7.92. The van der Waals surface area contributed by atoms with E-state index in [4.69, 9.17) is 16.3 Å². The summed E-state index contributed by atoms with van der Waals surface area (Å²) in [6, 6.07) is 14.8. The number of aromatic nitrogens is 1. The summed E-state index contributed by atoms with van der Waals surface area (Å²) in [6.45, 7) is 0.488. The monoisotopic (exact) mass is 608 g/mol. The summed E-state index contributed by atoms with van der Waals surface area (Å²) in [7, 11) is 0.742. The van der Waals surface area contributed by atoms with Crippen LogP contribution >= 0.6 is 11.6 Å². The highest BCUT2D eigenvalue weighted by Crippen LogP contribution is 2.35. The topological polar surface area (TPSA) is 132 Å². The van der Waals surface area contributed by atoms with E-state index >= 15 is 0 Å². The van der Waals surface area contributed by atoms with Crippen LogP contribution in [0, 0.1) is 0 Å². The number of amides is 2. The molecule has 2 amide bonds. The van der Waals surface area contributed by atoms with Crippen molar-refractivity contribution in [3.8, 4) is 5.75 Å². The van der Waals surface area contributed by atoms with Gasteiger partial charge in [-0.3, -0.25) is 14.3 Å². The first kappa shape index (κ1) is 30.6. The minimum absolute atomic E-state index is 0.0239. The van der Waals surface area contributed by atoms with Gasteiger partial charge in [0.15, 0.2) is 0 Å². The van der Waals surface area contributed by atoms with E-state index in [0.717, 1.165) is 5.56 Å². The first-order chi connectivity index (χ1) is 20.1. The number of ether oxygens (including phenoxy) is 1. The molecular formula is C30H31ClN5O5S-. The number of rotatable bonds is 11. The van der Waals surface area contributed by atoms with Crippen LogP contribution in [0.5, 0.6) is 5.75 Å². The zero-order valence-electron chi connectivity index (χ0n) is 23.4. The van der Waals surface area contributed by atoms with Gasteiger partial charge in [0.2, 0.25) is 5.91 Å². The third-order valence-electron chi connectivity index (χ3n) is 6.43. The van der Waals surface area contributed by atoms with Gasteiger partial charge >= 0.3 is 0 Å². The molecule has 10 nitrogen and oxygen atoms in total. The molecule has 2 N–H and O–H groups in total. The van der Waals surface area contributed by atoms with Crippen LogP contribution in [0.15, 0.2) is 89.5 Å². The predicted molar refractivity (Wildman–Crippen MR) is 163 cm³/mol. The van der Waals surface area contributed by atoms with E-state index in [1.165, 1.54) is 18.2 Å². The van der Waals surface area contributed by atoms with Crippen molar-refractivity contribution in [1.29, 1.82) is 0 Å². The minimum atomic E-state index is -4.06. The summed E-state index contributed by atoms with van der Waals surface area (Å²) in [4.78, 5) is 30.2. The van der Waals surface area contributed by atoms with E-state index in [9.17, 15) is 18.0 Å². The average Bonchev–Trinajstić information content (AvgIpc) is 2.98. The summed E-state index contributed by atoms with van der Waals surface area (Å²) < 4.78 is 35.0. The second-order valence-corrected chi connectivity index (χ2v) is 11.7. The molecule has 42 heavy (non-hydrogen) atoms. The lowest BCUT2D eigenvalue weighted by Crippen LogP contribution is -2.27. The van der Waals surface area contributed by atoms with Crippen LogP contribution in [0.2, 0.25) is 5.02 Å². The van der Waals surface area contributed by atoms with Gasteiger partial charge in [0.25, 0.3) is 15.9 Å². The Hall–Kier alpha value is -4.35. The van der Waals surface area contributed by atoms with Crippen molar-refractivity contribution < 1.29 is 22.7 Å². The van der Waals surface area contributed by atoms with E-state index in [1.54, 1.807) is 74.8 Å². The SMILES string of the molecule is COc1ccc(C2C=CC=C(C(=O)N(C)C)C2)cc1S(=O)(=O)Nc1cccc([N-]CCNC(=O)c2ncccc2Cl)c1. The van der Waals surface area contributed by atoms with Crippen molar-refractivity contribution >= 4 is 44.8 Å². The number of hydrogen-bond donors (Lipinski definition) is 2. The van der Waals surface area contributed by atoms with Gasteiger partial charge in [0, 0.05) is 44.0 Å². The van der Waals surface area contributed by atoms with E-state index < -0.39 is 15.9 Å². The van der Waals surface area contributed by atoms with Gasteiger partial charge < -0.3 is 20.3 Å². The van der Waals surface area contributed by atoms with Crippen LogP contribution < -0.4 is 14.8 Å². The van der Waals surface area contributed by atoms with E-state index in [1.807, 2.05) is 12.2 Å². The third kappa shape index (κ3) is 7.48. The number of nitrogens with one attached hydrogen (secondary N) is 2. The molecule has 1 heterocycles. The van der Waals surface area contributed by atoms with Crippen molar-refractivity contribution in [2.45, 2.75) is 17.2 Å². The highest BCUT2D eigenvalue weighted by atomic mass is 35.5. The Morgan fingerprint density at radius 2 is 1.95 bits per heavy atom. The molecule has 0 spiro atoms. The highest BCUT2D eigenvalue weighted by Gasteiger charge is 2.24. The number of anilines is 1. The Morgan fingerprint density at radius 1 is 1.14 bits per heavy atom. The molecule has 0 bridgehead atoms. The van der Waals surface area contributed by atoms with Crippen molar-refractivity contribution in [2.24, 2.45) is 0 Å². The molecular weight excluding hydrogens is 578 g/mol. The maximum absolute atomic E-state index is 13.5. The van der Waals surface area contributed by atoms with Crippen molar-refractivity contribution in [1.82, 2.24) is 15.2 Å². The number of pyridine rings is 1. The molecule has 1 atom stereocenters. The van der Waals surface area contributed by atoms with Crippen molar-refractivity contribution in [3.05, 3.63) is 106 Å². The van der Waals surface area contributed by atoms with Gasteiger partial charge in [0.1, 0.15) is 16.3 Å². The number of halogens is 1. The van der Waals surface area contributed by atoms with Gasteiger partial charge in [-0.25, -0.2) is 13.4 Å². The fourth-order valence-electron chi connectivity index (χ4n) is 4.36. The Labute approximate surface area is 250 Å². The second kappa shape index (κ2) is 13.5. The lowest BCUT2D eigenvalue weighted by molar-refractivity contribution is -0.124. The Kier molecular flexibility index (Phi) is 9.87. The van der Waals surface area contributed by atoms with Gasteiger partial charge in [-0.2, -0.15) is 0 Å². The number of sulfonamides is 1. The van der Waals surface area contributed by atoms with Gasteiger partial charge in [0.05, 0.1) is 12.1 Å². The first-order valence-electron chi connectivity index (χ1n) is 13.0. The molecule has 0 saturated heterocycles. The quantitative estimate of drug-likeness (QED) is 0.293. The summed E-state index contributed by atoms with van der Waals surface area (Å²) >= 11 is 6.01. The summed E-state index contributed by atoms with van der Waals surface area (Å²) in [5.74, 6) is -0.479. The molecule has 1 aliphatic carbocycles. The molecule has 1 aromatic heterocycles. The van der Waals surface area contributed by atoms with Gasteiger partial charge in [-0.1, -0.05) is 54.1 Å². The fourth-order valence-corrected chi connectivity index (χ4v) is 5.82. The second-order valence-electron chi connectivity index (χ2n) is 9.62. The summed E-state index contributed by atoms with van der Waals surface area (Å²) in [6.07, 6.45) is 7.47. The Morgan fingerprint density at radius 3 is 2.69 bits per heavy atom. The van der Waals surface area contributed by atoms with Crippen LogP contribution in [0.1, 0.15) is 28.4 Å². The Bertz CT molecular complexity index is 1640. The number of carbonyl (C=O) groups excluding carboxylic acids is 2. The number of allylic oxidation sites excluding steroid dienone is 3. The molecule has 220 valence electrons. The summed E-state index contributed by atoms with van der Waals surface area (Å²) in [5.41, 5.74) is 2.35. The Balaban J connectivity index is 1.43. The molecule has 4 rings (SSSR count). The van der Waals surface area contributed by atoms with Gasteiger partial charge in [-0.15, -0.1) is 12.2 Å². The summed E-state index contributed by atoms with van der Waals surface area (Å²) in [5, 5.41) is 7.39. The molecule has 0 radical (unpaired) electrons. The van der Waals surface area contributed by atoms with Crippen LogP contribution in [0.25, 0.3) is 5.32 Å². The van der Waals surface area contributed by atoms with Crippen molar-refractivity contribution in [3.63, 3.8) is 0 Å². The molecule has 2 aromatic carbocycles. The number of likely N-dealkylation sites (N-methyl/N-ethyl adjacent to an activating group) is 1. The molecule has 12 heteroatoms. The molecule has 1 unspecified atom stereocenters. The maximum atomic E-state index is 13.5.